The van der Waals surface area contributed by atoms with Crippen LogP contribution in [0.3, 0.4) is 0 Å². The first-order chi connectivity index (χ1) is 8.74. The van der Waals surface area contributed by atoms with Crippen LogP contribution in [0, 0.1) is 0 Å². The Bertz CT molecular complexity index is 405. The third-order valence-corrected chi connectivity index (χ3v) is 2.07. The molecule has 6 nitrogen and oxygen atoms in total. The third-order valence-electron chi connectivity index (χ3n) is 2.07. The van der Waals surface area contributed by atoms with Crippen molar-refractivity contribution in [2.45, 2.75) is 6.61 Å². The molecule has 0 unspecified atom stereocenters. The number of nitrogens with one attached hydrogen (secondary N) is 1. The van der Waals surface area contributed by atoms with Gasteiger partial charge >= 0.3 is 0 Å². The smallest absolute Gasteiger partial charge is 0.273 e. The summed E-state index contributed by atoms with van der Waals surface area (Å²) in [5.74, 6) is -0.359. The first kappa shape index (κ1) is 16.1. The molecule has 1 amide bonds. The molecule has 0 heterocycles. The number of carbonyl (C=O) groups is 1. The van der Waals surface area contributed by atoms with E-state index >= 15 is 0 Å². The van der Waals surface area contributed by atoms with E-state index in [2.05, 4.69) is 15.3 Å². The van der Waals surface area contributed by atoms with Gasteiger partial charge in [0, 0.05) is 19.7 Å². The zero-order chi connectivity index (χ0) is 14.0. The van der Waals surface area contributed by atoms with Gasteiger partial charge in [0.25, 0.3) is 5.91 Å². The molecular weight excluding hydrogens is 236 g/mol. The van der Waals surface area contributed by atoms with E-state index in [4.69, 9.17) is 10.2 Å². The average molecular weight is 254 g/mol. The molecule has 0 radical (unpaired) electrons. The summed E-state index contributed by atoms with van der Waals surface area (Å²) < 4.78 is 0. The van der Waals surface area contributed by atoms with E-state index < -0.39 is 0 Å². The predicted octanol–water partition coefficient (Wildman–Crippen LogP) is -0.116. The van der Waals surface area contributed by atoms with Gasteiger partial charge in [0.05, 0.1) is 6.61 Å². The summed E-state index contributed by atoms with van der Waals surface area (Å²) >= 11 is 0. The van der Waals surface area contributed by atoms with Crippen LogP contribution in [0.4, 0.5) is 0 Å². The maximum absolute atomic E-state index is 11.6. The Labute approximate surface area is 106 Å². The van der Waals surface area contributed by atoms with Crippen LogP contribution in [0.2, 0.25) is 0 Å². The molecule has 6 heteroatoms. The van der Waals surface area contributed by atoms with Crippen molar-refractivity contribution < 1.29 is 19.8 Å². The molecular formula is C12H18N2O4. The second-order valence-corrected chi connectivity index (χ2v) is 3.02. The fourth-order valence-electron chi connectivity index (χ4n) is 1.31. The highest BCUT2D eigenvalue weighted by molar-refractivity contribution is 6.45. The standard InChI is InChI=1S/C11H14N2O3.CH4O/c1-12-11(15)10(13-16-2)9-6-4-3-5-8(9)7-14;1-2/h3-6,14H,7H2,1-2H3,(H,12,15);2H,1H3/b13-10-;. The average Bonchev–Trinajstić information content (AvgIpc) is 2.46. The van der Waals surface area contributed by atoms with Crippen LogP contribution in [0.25, 0.3) is 0 Å². The monoisotopic (exact) mass is 254 g/mol. The fraction of sp³-hybridized carbons (Fsp3) is 0.333. The molecule has 18 heavy (non-hydrogen) atoms. The molecule has 0 saturated heterocycles. The molecule has 0 atom stereocenters. The van der Waals surface area contributed by atoms with Crippen molar-refractivity contribution in [3.05, 3.63) is 35.4 Å². The first-order valence-electron chi connectivity index (χ1n) is 5.21. The van der Waals surface area contributed by atoms with Crippen molar-refractivity contribution in [1.29, 1.82) is 0 Å². The fourth-order valence-corrected chi connectivity index (χ4v) is 1.31. The second-order valence-electron chi connectivity index (χ2n) is 3.02. The van der Waals surface area contributed by atoms with Crippen molar-refractivity contribution in [2.75, 3.05) is 21.3 Å². The van der Waals surface area contributed by atoms with Gasteiger partial charge in [-0.25, -0.2) is 0 Å². The molecule has 3 N–H and O–H groups in total. The number of rotatable bonds is 4. The van der Waals surface area contributed by atoms with E-state index in [0.717, 1.165) is 7.11 Å². The summed E-state index contributed by atoms with van der Waals surface area (Å²) in [4.78, 5) is 16.2. The van der Waals surface area contributed by atoms with Crippen LogP contribution in [-0.4, -0.2) is 43.1 Å². The van der Waals surface area contributed by atoms with Gasteiger partial charge in [0.1, 0.15) is 7.11 Å². The van der Waals surface area contributed by atoms with E-state index in [1.807, 2.05) is 0 Å². The summed E-state index contributed by atoms with van der Waals surface area (Å²) in [7, 11) is 3.87. The Morgan fingerprint density at radius 2 is 2.00 bits per heavy atom. The van der Waals surface area contributed by atoms with Crippen LogP contribution in [0.1, 0.15) is 11.1 Å². The van der Waals surface area contributed by atoms with Gasteiger partial charge < -0.3 is 20.4 Å². The Morgan fingerprint density at radius 1 is 1.39 bits per heavy atom. The van der Waals surface area contributed by atoms with Gasteiger partial charge in [0.2, 0.25) is 0 Å². The molecule has 0 saturated carbocycles. The summed E-state index contributed by atoms with van der Waals surface area (Å²) in [6.07, 6.45) is 0. The summed E-state index contributed by atoms with van der Waals surface area (Å²) in [5, 5.41) is 22.3. The van der Waals surface area contributed by atoms with Gasteiger partial charge in [-0.05, 0) is 5.56 Å². The van der Waals surface area contributed by atoms with Crippen molar-refractivity contribution in [3.63, 3.8) is 0 Å². The van der Waals surface area contributed by atoms with Gasteiger partial charge in [-0.3, -0.25) is 4.79 Å². The minimum atomic E-state index is -0.359. The summed E-state index contributed by atoms with van der Waals surface area (Å²) in [6, 6.07) is 6.98. The van der Waals surface area contributed by atoms with E-state index in [9.17, 15) is 4.79 Å². The molecule has 1 rings (SSSR count). The number of amides is 1. The topological polar surface area (TPSA) is 91.2 Å². The number of nitrogens with zero attached hydrogens (tertiary/aromatic N) is 1. The van der Waals surface area contributed by atoms with E-state index in [-0.39, 0.29) is 18.2 Å². The first-order valence-corrected chi connectivity index (χ1v) is 5.21. The predicted molar refractivity (Wildman–Crippen MR) is 68.1 cm³/mol. The molecule has 1 aromatic rings. The SMILES string of the molecule is CNC(=O)/C(=N\OC)c1ccccc1CO.CO. The zero-order valence-corrected chi connectivity index (χ0v) is 10.7. The number of likely N-dealkylation sites (N-methyl/N-ethyl adjacent to an activating group) is 1. The lowest BCUT2D eigenvalue weighted by molar-refractivity contribution is -0.114. The number of carbonyl (C=O) groups excluding carboxylic acids is 1. The molecule has 0 aliphatic heterocycles. The molecule has 0 bridgehead atoms. The maximum Gasteiger partial charge on any atom is 0.273 e. The van der Waals surface area contributed by atoms with Gasteiger partial charge in [-0.1, -0.05) is 29.4 Å². The lowest BCUT2D eigenvalue weighted by Gasteiger charge is -2.08. The molecule has 0 spiro atoms. The molecule has 100 valence electrons. The largest absolute Gasteiger partial charge is 0.400 e. The summed E-state index contributed by atoms with van der Waals surface area (Å²) in [5.41, 5.74) is 1.34. The number of hydrogen-bond donors (Lipinski definition) is 3. The highest BCUT2D eigenvalue weighted by Crippen LogP contribution is 2.10. The van der Waals surface area contributed by atoms with Crippen LogP contribution >= 0.6 is 0 Å². The Hall–Kier alpha value is -1.92. The zero-order valence-electron chi connectivity index (χ0n) is 10.7. The van der Waals surface area contributed by atoms with E-state index in [1.54, 1.807) is 24.3 Å². The quantitative estimate of drug-likeness (QED) is 0.516. The van der Waals surface area contributed by atoms with Gasteiger partial charge in [-0.2, -0.15) is 0 Å². The highest BCUT2D eigenvalue weighted by atomic mass is 16.6. The van der Waals surface area contributed by atoms with Crippen molar-refractivity contribution in [3.8, 4) is 0 Å². The maximum atomic E-state index is 11.6. The molecule has 0 fully saturated rings. The van der Waals surface area contributed by atoms with E-state index in [0.29, 0.717) is 11.1 Å². The normalized spacial score (nSPS) is 10.2. The number of benzene rings is 1. The highest BCUT2D eigenvalue weighted by Gasteiger charge is 2.16. The molecule has 1 aromatic carbocycles. The van der Waals surface area contributed by atoms with Gasteiger partial charge in [0.15, 0.2) is 5.71 Å². The second kappa shape index (κ2) is 9.15. The number of aliphatic hydroxyl groups is 2. The van der Waals surface area contributed by atoms with E-state index in [1.165, 1.54) is 14.2 Å². The van der Waals surface area contributed by atoms with Crippen LogP contribution < -0.4 is 5.32 Å². The molecule has 0 aromatic heterocycles. The van der Waals surface area contributed by atoms with Crippen LogP contribution in [0.15, 0.2) is 29.4 Å². The molecule has 0 aliphatic carbocycles. The third kappa shape index (κ3) is 4.15. The lowest BCUT2D eigenvalue weighted by Crippen LogP contribution is -2.29. The Kier molecular flexibility index (Phi) is 8.17. The minimum Gasteiger partial charge on any atom is -0.400 e. The van der Waals surface area contributed by atoms with Crippen LogP contribution in [0.5, 0.6) is 0 Å². The molecule has 0 aliphatic rings. The number of oxime groups is 1. The Balaban J connectivity index is 0.00000137. The van der Waals surface area contributed by atoms with Crippen molar-refractivity contribution in [1.82, 2.24) is 5.32 Å². The van der Waals surface area contributed by atoms with Crippen molar-refractivity contribution in [2.24, 2.45) is 5.16 Å². The van der Waals surface area contributed by atoms with Crippen LogP contribution in [-0.2, 0) is 16.2 Å². The van der Waals surface area contributed by atoms with Crippen molar-refractivity contribution >= 4 is 11.6 Å². The van der Waals surface area contributed by atoms with Gasteiger partial charge in [-0.15, -0.1) is 0 Å². The number of hydrogen-bond acceptors (Lipinski definition) is 5. The minimum absolute atomic E-state index is 0.148. The lowest BCUT2D eigenvalue weighted by atomic mass is 10.0. The Morgan fingerprint density at radius 3 is 2.50 bits per heavy atom. The number of aliphatic hydroxyl groups excluding tert-OH is 2. The summed E-state index contributed by atoms with van der Waals surface area (Å²) in [6.45, 7) is -0.157.